The summed E-state index contributed by atoms with van der Waals surface area (Å²) in [6.45, 7) is 6.90. The van der Waals surface area contributed by atoms with Crippen LogP contribution < -0.4 is 5.73 Å². The molecule has 1 amide bonds. The number of carbonyl (C=O) groups excluding carboxylic acids is 1. The van der Waals surface area contributed by atoms with Crippen LogP contribution in [0.15, 0.2) is 0 Å². The van der Waals surface area contributed by atoms with Crippen LogP contribution in [-0.2, 0) is 4.79 Å². The summed E-state index contributed by atoms with van der Waals surface area (Å²) in [6.07, 6.45) is 5.61. The standard InChI is InChI=1S/C14H27N3O/c1-11-4-3-5-12(2)17(11)14(18)10-16-8-6-13(15)7-9-16/h11-13H,3-10,15H2,1-2H3. The fraction of sp³-hybridized carbons (Fsp3) is 0.929. The van der Waals surface area contributed by atoms with E-state index in [0.29, 0.717) is 30.6 Å². The SMILES string of the molecule is CC1CCCC(C)N1C(=O)CN1CCC(N)CC1. The van der Waals surface area contributed by atoms with Gasteiger partial charge in [0.2, 0.25) is 5.91 Å². The zero-order valence-corrected chi connectivity index (χ0v) is 11.8. The van der Waals surface area contributed by atoms with E-state index < -0.39 is 0 Å². The van der Waals surface area contributed by atoms with Gasteiger partial charge in [-0.2, -0.15) is 0 Å². The molecule has 0 aromatic carbocycles. The Hall–Kier alpha value is -0.610. The third-order valence-corrected chi connectivity index (χ3v) is 4.47. The molecule has 2 heterocycles. The van der Waals surface area contributed by atoms with E-state index in [0.717, 1.165) is 38.8 Å². The van der Waals surface area contributed by atoms with E-state index in [9.17, 15) is 4.79 Å². The van der Waals surface area contributed by atoms with Gasteiger partial charge in [-0.15, -0.1) is 0 Å². The topological polar surface area (TPSA) is 49.6 Å². The van der Waals surface area contributed by atoms with E-state index in [1.54, 1.807) is 0 Å². The van der Waals surface area contributed by atoms with Crippen LogP contribution >= 0.6 is 0 Å². The summed E-state index contributed by atoms with van der Waals surface area (Å²) >= 11 is 0. The second-order valence-electron chi connectivity index (χ2n) is 6.04. The Bertz CT molecular complexity index is 277. The average molecular weight is 253 g/mol. The quantitative estimate of drug-likeness (QED) is 0.804. The predicted molar refractivity (Wildman–Crippen MR) is 73.3 cm³/mol. The zero-order chi connectivity index (χ0) is 13.1. The second-order valence-corrected chi connectivity index (χ2v) is 6.04. The van der Waals surface area contributed by atoms with Crippen LogP contribution in [0, 0.1) is 0 Å². The van der Waals surface area contributed by atoms with Gasteiger partial charge in [-0.05, 0) is 46.0 Å². The molecule has 18 heavy (non-hydrogen) atoms. The molecule has 0 aromatic heterocycles. The van der Waals surface area contributed by atoms with Crippen LogP contribution in [0.4, 0.5) is 0 Å². The lowest BCUT2D eigenvalue weighted by Crippen LogP contribution is -2.52. The largest absolute Gasteiger partial charge is 0.336 e. The van der Waals surface area contributed by atoms with E-state index >= 15 is 0 Å². The van der Waals surface area contributed by atoms with Crippen molar-refractivity contribution in [3.8, 4) is 0 Å². The Morgan fingerprint density at radius 2 is 1.67 bits per heavy atom. The number of rotatable bonds is 2. The van der Waals surface area contributed by atoms with Crippen molar-refractivity contribution in [1.82, 2.24) is 9.80 Å². The second kappa shape index (κ2) is 6.02. The molecule has 2 saturated heterocycles. The lowest BCUT2D eigenvalue weighted by Gasteiger charge is -2.40. The highest BCUT2D eigenvalue weighted by atomic mass is 16.2. The van der Waals surface area contributed by atoms with E-state index in [1.165, 1.54) is 6.42 Å². The van der Waals surface area contributed by atoms with Crippen molar-refractivity contribution in [1.29, 1.82) is 0 Å². The monoisotopic (exact) mass is 253 g/mol. The molecule has 4 nitrogen and oxygen atoms in total. The van der Waals surface area contributed by atoms with Crippen LogP contribution in [0.1, 0.15) is 46.0 Å². The molecule has 0 saturated carbocycles. The molecule has 2 aliphatic heterocycles. The number of carbonyl (C=O) groups is 1. The summed E-state index contributed by atoms with van der Waals surface area (Å²) in [6, 6.07) is 1.16. The predicted octanol–water partition coefficient (Wildman–Crippen LogP) is 1.20. The Morgan fingerprint density at radius 3 is 2.22 bits per heavy atom. The van der Waals surface area contributed by atoms with E-state index in [4.69, 9.17) is 5.73 Å². The van der Waals surface area contributed by atoms with Gasteiger partial charge in [-0.1, -0.05) is 0 Å². The van der Waals surface area contributed by atoms with Crippen LogP contribution in [-0.4, -0.2) is 53.5 Å². The fourth-order valence-corrected chi connectivity index (χ4v) is 3.30. The third kappa shape index (κ3) is 3.23. The number of nitrogens with two attached hydrogens (primary N) is 1. The highest BCUT2D eigenvalue weighted by molar-refractivity contribution is 5.79. The summed E-state index contributed by atoms with van der Waals surface area (Å²) in [7, 11) is 0. The minimum absolute atomic E-state index is 0.310. The molecule has 0 spiro atoms. The van der Waals surface area contributed by atoms with E-state index in [1.807, 2.05) is 0 Å². The summed E-state index contributed by atoms with van der Waals surface area (Å²) in [4.78, 5) is 16.8. The average Bonchev–Trinajstić information content (AvgIpc) is 2.32. The van der Waals surface area contributed by atoms with E-state index in [-0.39, 0.29) is 0 Å². The third-order valence-electron chi connectivity index (χ3n) is 4.47. The van der Waals surface area contributed by atoms with Crippen molar-refractivity contribution < 1.29 is 4.79 Å². The lowest BCUT2D eigenvalue weighted by atomic mass is 9.97. The first-order valence-electron chi connectivity index (χ1n) is 7.37. The van der Waals surface area contributed by atoms with Crippen LogP contribution in [0.2, 0.25) is 0 Å². The number of piperidine rings is 2. The van der Waals surface area contributed by atoms with Crippen molar-refractivity contribution in [3.05, 3.63) is 0 Å². The number of hydrogen-bond donors (Lipinski definition) is 1. The first-order chi connectivity index (χ1) is 8.58. The molecule has 2 fully saturated rings. The van der Waals surface area contributed by atoms with Crippen molar-refractivity contribution in [2.75, 3.05) is 19.6 Å². The molecule has 2 N–H and O–H groups in total. The molecule has 0 bridgehead atoms. The van der Waals surface area contributed by atoms with Crippen molar-refractivity contribution in [2.45, 2.75) is 64.1 Å². The highest BCUT2D eigenvalue weighted by Crippen LogP contribution is 2.23. The molecule has 104 valence electrons. The van der Waals surface area contributed by atoms with Crippen LogP contribution in [0.25, 0.3) is 0 Å². The van der Waals surface area contributed by atoms with Gasteiger partial charge in [0.05, 0.1) is 6.54 Å². The maximum Gasteiger partial charge on any atom is 0.237 e. The summed E-state index contributed by atoms with van der Waals surface area (Å²) in [5.74, 6) is 0.310. The molecular formula is C14H27N3O. The van der Waals surface area contributed by atoms with Crippen molar-refractivity contribution >= 4 is 5.91 Å². The fourth-order valence-electron chi connectivity index (χ4n) is 3.30. The molecule has 0 aliphatic carbocycles. The van der Waals surface area contributed by atoms with Gasteiger partial charge in [-0.3, -0.25) is 9.69 Å². The molecular weight excluding hydrogens is 226 g/mol. The molecule has 2 unspecified atom stereocenters. The van der Waals surface area contributed by atoms with Crippen LogP contribution in [0.3, 0.4) is 0 Å². The highest BCUT2D eigenvalue weighted by Gasteiger charge is 2.30. The first kappa shape index (κ1) is 13.8. The summed E-state index contributed by atoms with van der Waals surface area (Å²) in [5.41, 5.74) is 5.89. The van der Waals surface area contributed by atoms with Gasteiger partial charge in [0.25, 0.3) is 0 Å². The summed E-state index contributed by atoms with van der Waals surface area (Å²) in [5, 5.41) is 0. The lowest BCUT2D eigenvalue weighted by molar-refractivity contribution is -0.138. The maximum absolute atomic E-state index is 12.4. The number of amides is 1. The maximum atomic E-state index is 12.4. The van der Waals surface area contributed by atoms with Gasteiger partial charge < -0.3 is 10.6 Å². The summed E-state index contributed by atoms with van der Waals surface area (Å²) < 4.78 is 0. The Kier molecular flexibility index (Phi) is 4.62. The van der Waals surface area contributed by atoms with Gasteiger partial charge >= 0.3 is 0 Å². The van der Waals surface area contributed by atoms with Crippen molar-refractivity contribution in [2.24, 2.45) is 5.73 Å². The molecule has 2 atom stereocenters. The molecule has 2 rings (SSSR count). The number of nitrogens with zero attached hydrogens (tertiary/aromatic N) is 2. The molecule has 4 heteroatoms. The number of hydrogen-bond acceptors (Lipinski definition) is 3. The Morgan fingerprint density at radius 1 is 1.11 bits per heavy atom. The number of likely N-dealkylation sites (tertiary alicyclic amines) is 2. The minimum Gasteiger partial charge on any atom is -0.336 e. The molecule has 0 radical (unpaired) electrons. The normalized spacial score (nSPS) is 31.6. The van der Waals surface area contributed by atoms with Gasteiger partial charge in [0.1, 0.15) is 0 Å². The zero-order valence-electron chi connectivity index (χ0n) is 11.8. The van der Waals surface area contributed by atoms with Crippen molar-refractivity contribution in [3.63, 3.8) is 0 Å². The van der Waals surface area contributed by atoms with Gasteiger partial charge in [0.15, 0.2) is 0 Å². The van der Waals surface area contributed by atoms with Crippen LogP contribution in [0.5, 0.6) is 0 Å². The van der Waals surface area contributed by atoms with Gasteiger partial charge in [-0.25, -0.2) is 0 Å². The van der Waals surface area contributed by atoms with Gasteiger partial charge in [0, 0.05) is 31.2 Å². The molecule has 0 aromatic rings. The Labute approximate surface area is 110 Å². The Balaban J connectivity index is 1.86. The van der Waals surface area contributed by atoms with E-state index in [2.05, 4.69) is 23.6 Å². The molecule has 2 aliphatic rings. The minimum atomic E-state index is 0.310. The smallest absolute Gasteiger partial charge is 0.237 e. The first-order valence-corrected chi connectivity index (χ1v) is 7.37.